The van der Waals surface area contributed by atoms with Crippen molar-refractivity contribution in [3.8, 4) is 6.07 Å². The maximum Gasteiger partial charge on any atom is 0.224 e. The molecule has 1 unspecified atom stereocenters. The molecule has 18 heavy (non-hydrogen) atoms. The molecule has 2 rings (SSSR count). The summed E-state index contributed by atoms with van der Waals surface area (Å²) in [6.45, 7) is 1.35. The first kappa shape index (κ1) is 13.0. The zero-order valence-electron chi connectivity index (χ0n) is 10.4. The van der Waals surface area contributed by atoms with Crippen LogP contribution >= 0.6 is 11.8 Å². The highest BCUT2D eigenvalue weighted by atomic mass is 32.2. The van der Waals surface area contributed by atoms with Gasteiger partial charge in [-0.3, -0.25) is 4.79 Å². The lowest BCUT2D eigenvalue weighted by molar-refractivity contribution is -0.134. The number of carbonyl (C=O) groups excluding carboxylic acids is 1. The van der Waals surface area contributed by atoms with Gasteiger partial charge in [-0.25, -0.2) is 0 Å². The summed E-state index contributed by atoms with van der Waals surface area (Å²) in [7, 11) is 0. The lowest BCUT2D eigenvalue weighted by atomic mass is 9.97. The third-order valence-corrected chi connectivity index (χ3v) is 3.98. The fourth-order valence-electron chi connectivity index (χ4n) is 2.11. The van der Waals surface area contributed by atoms with Crippen LogP contribution in [0.3, 0.4) is 0 Å². The van der Waals surface area contributed by atoms with E-state index >= 15 is 0 Å². The van der Waals surface area contributed by atoms with E-state index < -0.39 is 0 Å². The number of rotatable bonds is 3. The summed E-state index contributed by atoms with van der Waals surface area (Å²) in [6.07, 6.45) is 3.22. The zero-order valence-corrected chi connectivity index (χ0v) is 11.2. The lowest BCUT2D eigenvalue weighted by Gasteiger charge is -2.29. The SMILES string of the molecule is CSc1ccc(CN2CCC(C#N)CC2=O)cc1. The van der Waals surface area contributed by atoms with Gasteiger partial charge in [-0.2, -0.15) is 5.26 Å². The number of amides is 1. The van der Waals surface area contributed by atoms with Crippen molar-refractivity contribution in [2.45, 2.75) is 24.3 Å². The summed E-state index contributed by atoms with van der Waals surface area (Å²) in [4.78, 5) is 14.9. The average molecular weight is 260 g/mol. The molecule has 0 saturated carbocycles. The van der Waals surface area contributed by atoms with Crippen LogP contribution in [0.4, 0.5) is 0 Å². The number of hydrogen-bond acceptors (Lipinski definition) is 3. The number of likely N-dealkylation sites (tertiary alicyclic amines) is 1. The van der Waals surface area contributed by atoms with Crippen LogP contribution in [-0.4, -0.2) is 23.6 Å². The fourth-order valence-corrected chi connectivity index (χ4v) is 2.52. The van der Waals surface area contributed by atoms with Crippen molar-refractivity contribution >= 4 is 17.7 Å². The van der Waals surface area contributed by atoms with Gasteiger partial charge in [0.1, 0.15) is 0 Å². The number of carbonyl (C=O) groups is 1. The molecule has 3 nitrogen and oxygen atoms in total. The molecule has 0 spiro atoms. The molecule has 1 atom stereocenters. The number of piperidine rings is 1. The number of thioether (sulfide) groups is 1. The molecule has 0 radical (unpaired) electrons. The van der Waals surface area contributed by atoms with Crippen molar-refractivity contribution in [1.29, 1.82) is 5.26 Å². The van der Waals surface area contributed by atoms with E-state index in [-0.39, 0.29) is 11.8 Å². The zero-order chi connectivity index (χ0) is 13.0. The van der Waals surface area contributed by atoms with E-state index in [4.69, 9.17) is 5.26 Å². The largest absolute Gasteiger partial charge is 0.338 e. The van der Waals surface area contributed by atoms with E-state index in [1.165, 1.54) is 4.90 Å². The van der Waals surface area contributed by atoms with Gasteiger partial charge in [0.2, 0.25) is 5.91 Å². The highest BCUT2D eigenvalue weighted by Gasteiger charge is 2.25. The van der Waals surface area contributed by atoms with E-state index in [1.54, 1.807) is 11.8 Å². The molecule has 1 aliphatic rings. The molecule has 1 aromatic carbocycles. The third-order valence-electron chi connectivity index (χ3n) is 3.24. The van der Waals surface area contributed by atoms with Crippen LogP contribution in [0.25, 0.3) is 0 Å². The van der Waals surface area contributed by atoms with Crippen molar-refractivity contribution < 1.29 is 4.79 Å². The smallest absolute Gasteiger partial charge is 0.224 e. The normalized spacial score (nSPS) is 19.7. The Morgan fingerprint density at radius 3 is 2.72 bits per heavy atom. The molecule has 0 aromatic heterocycles. The van der Waals surface area contributed by atoms with Gasteiger partial charge in [-0.1, -0.05) is 12.1 Å². The third kappa shape index (κ3) is 3.05. The molecule has 4 heteroatoms. The summed E-state index contributed by atoms with van der Waals surface area (Å²) in [6, 6.07) is 10.5. The van der Waals surface area contributed by atoms with E-state index in [1.807, 2.05) is 11.2 Å². The molecule has 1 aliphatic heterocycles. The molecule has 1 fully saturated rings. The number of nitriles is 1. The molecule has 1 amide bonds. The van der Waals surface area contributed by atoms with Crippen LogP contribution in [0, 0.1) is 17.2 Å². The standard InChI is InChI=1S/C14H16N2OS/c1-18-13-4-2-11(3-5-13)10-16-7-6-12(9-15)8-14(16)17/h2-5,12H,6-8,10H2,1H3. The Morgan fingerprint density at radius 2 is 2.17 bits per heavy atom. The molecule has 1 saturated heterocycles. The lowest BCUT2D eigenvalue weighted by Crippen LogP contribution is -2.37. The summed E-state index contributed by atoms with van der Waals surface area (Å²) >= 11 is 1.71. The van der Waals surface area contributed by atoms with E-state index in [9.17, 15) is 4.79 Å². The van der Waals surface area contributed by atoms with Crippen LogP contribution in [0.15, 0.2) is 29.2 Å². The minimum atomic E-state index is -0.0902. The van der Waals surface area contributed by atoms with Gasteiger partial charge in [-0.05, 0) is 30.4 Å². The molecule has 94 valence electrons. The summed E-state index contributed by atoms with van der Waals surface area (Å²) in [5, 5.41) is 8.82. The summed E-state index contributed by atoms with van der Waals surface area (Å²) in [5.41, 5.74) is 1.15. The van der Waals surface area contributed by atoms with Crippen molar-refractivity contribution in [3.63, 3.8) is 0 Å². The van der Waals surface area contributed by atoms with Crippen LogP contribution in [-0.2, 0) is 11.3 Å². The monoisotopic (exact) mass is 260 g/mol. The van der Waals surface area contributed by atoms with E-state index in [2.05, 4.69) is 30.3 Å². The predicted octanol–water partition coefficient (Wildman–Crippen LogP) is 2.67. The van der Waals surface area contributed by atoms with Gasteiger partial charge in [0.05, 0.1) is 12.0 Å². The van der Waals surface area contributed by atoms with Gasteiger partial charge in [0, 0.05) is 24.4 Å². The topological polar surface area (TPSA) is 44.1 Å². The van der Waals surface area contributed by atoms with Gasteiger partial charge in [-0.15, -0.1) is 11.8 Å². The molecule has 1 aromatic rings. The Bertz CT molecular complexity index is 464. The quantitative estimate of drug-likeness (QED) is 0.785. The molecule has 1 heterocycles. The minimum Gasteiger partial charge on any atom is -0.338 e. The van der Waals surface area contributed by atoms with Crippen LogP contribution in [0.2, 0.25) is 0 Å². The van der Waals surface area contributed by atoms with Gasteiger partial charge < -0.3 is 4.90 Å². The first-order valence-electron chi connectivity index (χ1n) is 6.03. The molecule has 0 aliphatic carbocycles. The number of hydrogen-bond donors (Lipinski definition) is 0. The molecule has 0 N–H and O–H groups in total. The van der Waals surface area contributed by atoms with Crippen LogP contribution in [0.5, 0.6) is 0 Å². The van der Waals surface area contributed by atoms with Gasteiger partial charge in [0.15, 0.2) is 0 Å². The van der Waals surface area contributed by atoms with Crippen molar-refractivity contribution in [3.05, 3.63) is 29.8 Å². The van der Waals surface area contributed by atoms with E-state index in [0.29, 0.717) is 19.5 Å². The summed E-state index contributed by atoms with van der Waals surface area (Å²) in [5.74, 6) is 0.00867. The molecular formula is C14H16N2OS. The van der Waals surface area contributed by atoms with Crippen molar-refractivity contribution in [2.24, 2.45) is 5.92 Å². The maximum atomic E-state index is 11.9. The second-order valence-electron chi connectivity index (χ2n) is 4.48. The summed E-state index contributed by atoms with van der Waals surface area (Å²) < 4.78 is 0. The molecular weight excluding hydrogens is 244 g/mol. The highest BCUT2D eigenvalue weighted by molar-refractivity contribution is 7.98. The van der Waals surface area contributed by atoms with Gasteiger partial charge in [0.25, 0.3) is 0 Å². The van der Waals surface area contributed by atoms with E-state index in [0.717, 1.165) is 12.0 Å². The first-order valence-corrected chi connectivity index (χ1v) is 7.25. The van der Waals surface area contributed by atoms with Crippen molar-refractivity contribution in [1.82, 2.24) is 4.90 Å². The van der Waals surface area contributed by atoms with Crippen LogP contribution in [0.1, 0.15) is 18.4 Å². The Hall–Kier alpha value is -1.47. The highest BCUT2D eigenvalue weighted by Crippen LogP contribution is 2.21. The Labute approximate surface area is 112 Å². The fraction of sp³-hybridized carbons (Fsp3) is 0.429. The second kappa shape index (κ2) is 5.92. The van der Waals surface area contributed by atoms with Crippen molar-refractivity contribution in [2.75, 3.05) is 12.8 Å². The maximum absolute atomic E-state index is 11.9. The number of nitrogens with zero attached hydrogens (tertiary/aromatic N) is 2. The Balaban J connectivity index is 1.97. The number of benzene rings is 1. The second-order valence-corrected chi connectivity index (χ2v) is 5.36. The van der Waals surface area contributed by atoms with Crippen LogP contribution < -0.4 is 0 Å². The molecule has 0 bridgehead atoms. The Kier molecular flexibility index (Phi) is 4.27. The predicted molar refractivity (Wildman–Crippen MR) is 72.0 cm³/mol. The minimum absolute atomic E-state index is 0.0902. The average Bonchev–Trinajstić information content (AvgIpc) is 2.42. The van der Waals surface area contributed by atoms with Gasteiger partial charge >= 0.3 is 0 Å². The first-order chi connectivity index (χ1) is 8.72. The Morgan fingerprint density at radius 1 is 1.44 bits per heavy atom.